The Morgan fingerprint density at radius 3 is 2.66 bits per heavy atom. The summed E-state index contributed by atoms with van der Waals surface area (Å²) >= 11 is 1.57. The third-order valence-electron chi connectivity index (χ3n) is 6.31. The molecule has 0 aliphatic carbocycles. The van der Waals surface area contributed by atoms with E-state index in [1.54, 1.807) is 23.0 Å². The Balaban J connectivity index is 1.19. The number of anilines is 1. The summed E-state index contributed by atoms with van der Waals surface area (Å²) in [6.07, 6.45) is 7.26. The number of fused-ring (bicyclic) bond motifs is 1. The van der Waals surface area contributed by atoms with Crippen LogP contribution in [0.4, 0.5) is 5.95 Å². The molecule has 2 aliphatic heterocycles. The van der Waals surface area contributed by atoms with Gasteiger partial charge in [-0.1, -0.05) is 12.1 Å². The average molecular weight is 451 g/mol. The van der Waals surface area contributed by atoms with Gasteiger partial charge in [0.05, 0.1) is 22.4 Å². The van der Waals surface area contributed by atoms with Gasteiger partial charge in [-0.15, -0.1) is 11.3 Å². The second kappa shape index (κ2) is 9.30. The molecule has 166 valence electrons. The highest BCUT2D eigenvalue weighted by atomic mass is 32.1. The second-order valence-electron chi connectivity index (χ2n) is 8.46. The lowest BCUT2D eigenvalue weighted by Gasteiger charge is -2.32. The second-order valence-corrected chi connectivity index (χ2v) is 9.35. The number of benzene rings is 1. The monoisotopic (exact) mass is 450 g/mol. The molecule has 2 saturated heterocycles. The summed E-state index contributed by atoms with van der Waals surface area (Å²) in [5.74, 6) is 0.292. The van der Waals surface area contributed by atoms with Crippen molar-refractivity contribution in [3.8, 4) is 10.4 Å². The Morgan fingerprint density at radius 1 is 1.09 bits per heavy atom. The van der Waals surface area contributed by atoms with E-state index in [-0.39, 0.29) is 17.7 Å². The molecule has 2 aromatic heterocycles. The van der Waals surface area contributed by atoms with Crippen LogP contribution >= 0.6 is 11.3 Å². The summed E-state index contributed by atoms with van der Waals surface area (Å²) in [6, 6.07) is 5.99. The number of hydrogen-bond donors (Lipinski definition) is 1. The molecule has 4 heterocycles. The lowest BCUT2D eigenvalue weighted by Crippen LogP contribution is -2.45. The number of hydrogen-bond acceptors (Lipinski definition) is 7. The Bertz CT molecular complexity index is 1100. The largest absolute Gasteiger partial charge is 0.342 e. The van der Waals surface area contributed by atoms with Crippen molar-refractivity contribution in [2.45, 2.75) is 25.7 Å². The highest BCUT2D eigenvalue weighted by Gasteiger charge is 2.28. The molecule has 3 aromatic rings. The van der Waals surface area contributed by atoms with Crippen molar-refractivity contribution in [2.75, 3.05) is 38.0 Å². The number of aromatic nitrogens is 3. The normalized spacial score (nSPS) is 17.7. The van der Waals surface area contributed by atoms with Crippen molar-refractivity contribution in [3.63, 3.8) is 0 Å². The predicted octanol–water partition coefficient (Wildman–Crippen LogP) is 3.03. The van der Waals surface area contributed by atoms with E-state index >= 15 is 0 Å². The van der Waals surface area contributed by atoms with Gasteiger partial charge in [-0.3, -0.25) is 24.8 Å². The van der Waals surface area contributed by atoms with Crippen LogP contribution in [-0.4, -0.2) is 69.3 Å². The fourth-order valence-electron chi connectivity index (χ4n) is 4.43. The number of nitrogens with one attached hydrogen (secondary N) is 1. The van der Waals surface area contributed by atoms with E-state index in [1.807, 2.05) is 29.3 Å². The first-order chi connectivity index (χ1) is 15.7. The van der Waals surface area contributed by atoms with Gasteiger partial charge in [0, 0.05) is 36.8 Å². The first-order valence-electron chi connectivity index (χ1n) is 11.1. The van der Waals surface area contributed by atoms with Gasteiger partial charge in [-0.2, -0.15) is 0 Å². The zero-order valence-corrected chi connectivity index (χ0v) is 18.7. The SMILES string of the molecule is O=C(Nc1ncc2ccc(-c3cncs3)cc2n1)C1CCN(C(=O)CN2CCCC2)CC1. The zero-order chi connectivity index (χ0) is 21.9. The molecular weight excluding hydrogens is 424 g/mol. The Labute approximate surface area is 190 Å². The Kier molecular flexibility index (Phi) is 6.09. The molecule has 0 spiro atoms. The number of nitrogens with zero attached hydrogens (tertiary/aromatic N) is 5. The van der Waals surface area contributed by atoms with Crippen molar-refractivity contribution < 1.29 is 9.59 Å². The molecule has 0 atom stereocenters. The van der Waals surface area contributed by atoms with Crippen LogP contribution in [0, 0.1) is 5.92 Å². The van der Waals surface area contributed by atoms with Crippen LogP contribution in [0.5, 0.6) is 0 Å². The van der Waals surface area contributed by atoms with E-state index in [0.29, 0.717) is 38.4 Å². The van der Waals surface area contributed by atoms with E-state index in [9.17, 15) is 9.59 Å². The summed E-state index contributed by atoms with van der Waals surface area (Å²) < 4.78 is 0. The van der Waals surface area contributed by atoms with Crippen LogP contribution in [0.2, 0.25) is 0 Å². The molecule has 2 aliphatic rings. The van der Waals surface area contributed by atoms with E-state index in [1.165, 1.54) is 12.8 Å². The van der Waals surface area contributed by atoms with Crippen molar-refractivity contribution >= 4 is 40.0 Å². The molecule has 2 fully saturated rings. The lowest BCUT2D eigenvalue weighted by molar-refractivity contribution is -0.135. The standard InChI is InChI=1S/C23H26N6O2S/c30-21(14-28-7-1-2-8-28)29-9-5-16(6-10-29)22(31)27-23-25-12-18-4-3-17(11-19(18)26-23)20-13-24-15-32-20/h3-4,11-13,15-16H,1-2,5-10,14H2,(H,25,26,27,31). The summed E-state index contributed by atoms with van der Waals surface area (Å²) in [4.78, 5) is 43.5. The first kappa shape index (κ1) is 21.0. The molecule has 0 radical (unpaired) electrons. The molecule has 1 aromatic carbocycles. The minimum absolute atomic E-state index is 0.0744. The molecule has 1 N–H and O–H groups in total. The van der Waals surface area contributed by atoms with Crippen molar-refractivity contribution in [1.29, 1.82) is 0 Å². The topological polar surface area (TPSA) is 91.3 Å². The maximum Gasteiger partial charge on any atom is 0.236 e. The molecule has 5 rings (SSSR count). The smallest absolute Gasteiger partial charge is 0.236 e. The summed E-state index contributed by atoms with van der Waals surface area (Å²) in [5.41, 5.74) is 3.63. The van der Waals surface area contributed by atoms with Gasteiger partial charge in [-0.05, 0) is 50.4 Å². The molecule has 0 saturated carbocycles. The Hall–Kier alpha value is -2.91. The zero-order valence-electron chi connectivity index (χ0n) is 17.9. The number of amides is 2. The number of thiazole rings is 1. The number of likely N-dealkylation sites (tertiary alicyclic amines) is 2. The van der Waals surface area contributed by atoms with Crippen LogP contribution in [0.3, 0.4) is 0 Å². The minimum atomic E-state index is -0.131. The number of carbonyl (C=O) groups is 2. The highest BCUT2D eigenvalue weighted by Crippen LogP contribution is 2.27. The molecule has 8 nitrogen and oxygen atoms in total. The molecule has 0 unspecified atom stereocenters. The van der Waals surface area contributed by atoms with Crippen molar-refractivity contribution in [2.24, 2.45) is 5.92 Å². The summed E-state index contributed by atoms with van der Waals surface area (Å²) in [5, 5.41) is 3.80. The fraction of sp³-hybridized carbons (Fsp3) is 0.435. The van der Waals surface area contributed by atoms with E-state index < -0.39 is 0 Å². The van der Waals surface area contributed by atoms with Crippen molar-refractivity contribution in [3.05, 3.63) is 36.1 Å². The quantitative estimate of drug-likeness (QED) is 0.643. The summed E-state index contributed by atoms with van der Waals surface area (Å²) in [7, 11) is 0. The van der Waals surface area contributed by atoms with Gasteiger partial charge < -0.3 is 4.90 Å². The van der Waals surface area contributed by atoms with E-state index in [0.717, 1.165) is 34.4 Å². The highest BCUT2D eigenvalue weighted by molar-refractivity contribution is 7.13. The van der Waals surface area contributed by atoms with Crippen LogP contribution in [-0.2, 0) is 9.59 Å². The summed E-state index contributed by atoms with van der Waals surface area (Å²) in [6.45, 7) is 3.79. The number of piperidine rings is 1. The third kappa shape index (κ3) is 4.63. The lowest BCUT2D eigenvalue weighted by atomic mass is 9.96. The van der Waals surface area contributed by atoms with Crippen LogP contribution in [0.15, 0.2) is 36.1 Å². The number of carbonyl (C=O) groups excluding carboxylic acids is 2. The number of rotatable bonds is 5. The van der Waals surface area contributed by atoms with Crippen molar-refractivity contribution in [1.82, 2.24) is 24.8 Å². The van der Waals surface area contributed by atoms with Gasteiger partial charge >= 0.3 is 0 Å². The molecule has 0 bridgehead atoms. The first-order valence-corrected chi connectivity index (χ1v) is 12.0. The maximum absolute atomic E-state index is 12.8. The minimum Gasteiger partial charge on any atom is -0.342 e. The van der Waals surface area contributed by atoms with Gasteiger partial charge in [0.2, 0.25) is 17.8 Å². The fourth-order valence-corrected chi connectivity index (χ4v) is 5.05. The molecular formula is C23H26N6O2S. The molecule has 9 heteroatoms. The van der Waals surface area contributed by atoms with Gasteiger partial charge in [0.15, 0.2) is 0 Å². The molecule has 2 amide bonds. The molecule has 32 heavy (non-hydrogen) atoms. The van der Waals surface area contributed by atoms with Gasteiger partial charge in [0.25, 0.3) is 0 Å². The van der Waals surface area contributed by atoms with E-state index in [4.69, 9.17) is 0 Å². The van der Waals surface area contributed by atoms with Gasteiger partial charge in [-0.25, -0.2) is 9.97 Å². The van der Waals surface area contributed by atoms with Crippen LogP contribution in [0.1, 0.15) is 25.7 Å². The maximum atomic E-state index is 12.8. The van der Waals surface area contributed by atoms with E-state index in [2.05, 4.69) is 25.2 Å². The van der Waals surface area contributed by atoms with Crippen LogP contribution < -0.4 is 5.32 Å². The van der Waals surface area contributed by atoms with Crippen LogP contribution in [0.25, 0.3) is 21.3 Å². The average Bonchev–Trinajstić information content (AvgIpc) is 3.53. The Morgan fingerprint density at radius 2 is 1.91 bits per heavy atom. The van der Waals surface area contributed by atoms with Gasteiger partial charge in [0.1, 0.15) is 0 Å². The third-order valence-corrected chi connectivity index (χ3v) is 7.13. The predicted molar refractivity (Wildman–Crippen MR) is 124 cm³/mol.